The number of ketones is 1. The first-order valence-corrected chi connectivity index (χ1v) is 10.8. The number of hydrogen-bond acceptors (Lipinski definition) is 6. The summed E-state index contributed by atoms with van der Waals surface area (Å²) in [6.07, 6.45) is 0.790. The molecule has 0 bridgehead atoms. The van der Waals surface area contributed by atoms with E-state index in [1.54, 1.807) is 42.0 Å². The Morgan fingerprint density at radius 2 is 1.90 bits per heavy atom. The molecule has 2 aromatic carbocycles. The molecule has 0 unspecified atom stereocenters. The fraction of sp³-hybridized carbons (Fsp3) is 0.286. The van der Waals surface area contributed by atoms with E-state index in [4.69, 9.17) is 9.47 Å². The Balaban J connectivity index is 1.90. The first kappa shape index (κ1) is 21.4. The normalized spacial score (nSPS) is 10.9. The number of rotatable bonds is 8. The Morgan fingerprint density at radius 3 is 2.59 bits per heavy atom. The van der Waals surface area contributed by atoms with Crippen LogP contribution in [0.15, 0.2) is 50.8 Å². The van der Waals surface area contributed by atoms with E-state index >= 15 is 0 Å². The predicted octanol–water partition coefficient (Wildman–Crippen LogP) is 4.56. The van der Waals surface area contributed by atoms with Gasteiger partial charge in [0.15, 0.2) is 22.4 Å². The number of fused-ring (bicyclic) bond motifs is 1. The average molecular weight is 477 g/mol. The molecule has 0 aliphatic rings. The summed E-state index contributed by atoms with van der Waals surface area (Å²) in [6.45, 7) is 2.54. The molecule has 29 heavy (non-hydrogen) atoms. The van der Waals surface area contributed by atoms with Crippen LogP contribution in [-0.2, 0) is 6.54 Å². The molecule has 152 valence electrons. The van der Waals surface area contributed by atoms with Crippen molar-refractivity contribution < 1.29 is 14.3 Å². The zero-order valence-electron chi connectivity index (χ0n) is 16.4. The van der Waals surface area contributed by atoms with E-state index in [0.29, 0.717) is 39.7 Å². The van der Waals surface area contributed by atoms with Crippen molar-refractivity contribution in [2.45, 2.75) is 25.0 Å². The maximum absolute atomic E-state index is 12.9. The Morgan fingerprint density at radius 1 is 1.14 bits per heavy atom. The van der Waals surface area contributed by atoms with Crippen LogP contribution in [0.4, 0.5) is 0 Å². The lowest BCUT2D eigenvalue weighted by atomic mass is 10.1. The van der Waals surface area contributed by atoms with E-state index < -0.39 is 0 Å². The minimum absolute atomic E-state index is 0.0795. The lowest BCUT2D eigenvalue weighted by Crippen LogP contribution is -2.23. The molecule has 6 nitrogen and oxygen atoms in total. The van der Waals surface area contributed by atoms with Crippen LogP contribution in [-0.4, -0.2) is 35.3 Å². The quantitative estimate of drug-likeness (QED) is 0.269. The second-order valence-electron chi connectivity index (χ2n) is 6.29. The molecule has 0 amide bonds. The molecule has 0 aliphatic carbocycles. The summed E-state index contributed by atoms with van der Waals surface area (Å²) < 4.78 is 13.0. The van der Waals surface area contributed by atoms with Crippen molar-refractivity contribution in [3.8, 4) is 11.5 Å². The molecule has 0 fully saturated rings. The Labute approximate surface area is 181 Å². The number of benzene rings is 2. The molecule has 8 heteroatoms. The summed E-state index contributed by atoms with van der Waals surface area (Å²) in [5, 5.41) is 1.10. The van der Waals surface area contributed by atoms with Crippen LogP contribution in [0.25, 0.3) is 10.9 Å². The van der Waals surface area contributed by atoms with Crippen LogP contribution in [0.2, 0.25) is 0 Å². The molecule has 0 spiro atoms. The van der Waals surface area contributed by atoms with Gasteiger partial charge in [0, 0.05) is 16.6 Å². The zero-order valence-corrected chi connectivity index (χ0v) is 18.8. The first-order valence-electron chi connectivity index (χ1n) is 9.06. The second-order valence-corrected chi connectivity index (χ2v) is 8.15. The van der Waals surface area contributed by atoms with Gasteiger partial charge >= 0.3 is 0 Å². The number of hydrogen-bond donors (Lipinski definition) is 0. The van der Waals surface area contributed by atoms with E-state index in [1.807, 2.05) is 13.0 Å². The van der Waals surface area contributed by atoms with Crippen molar-refractivity contribution in [1.82, 2.24) is 9.55 Å². The van der Waals surface area contributed by atoms with E-state index in [1.165, 1.54) is 18.9 Å². The standard InChI is InChI=1S/C21H21BrN2O4S/c1-4-9-24-20(26)15-11-14(22)6-7-16(15)23-21(24)29-12-17(25)13-5-8-18(27-2)19(10-13)28-3/h5-8,10-11H,4,9,12H2,1-3H3. The highest BCUT2D eigenvalue weighted by molar-refractivity contribution is 9.10. The van der Waals surface area contributed by atoms with Crippen LogP contribution in [0.1, 0.15) is 23.7 Å². The zero-order chi connectivity index (χ0) is 21.0. The summed E-state index contributed by atoms with van der Waals surface area (Å²) in [5.41, 5.74) is 1.04. The molecule has 0 aliphatic heterocycles. The summed E-state index contributed by atoms with van der Waals surface area (Å²) in [7, 11) is 3.08. The van der Waals surface area contributed by atoms with Gasteiger partial charge in [-0.25, -0.2) is 4.98 Å². The van der Waals surface area contributed by atoms with Gasteiger partial charge in [-0.2, -0.15) is 0 Å². The maximum Gasteiger partial charge on any atom is 0.262 e. The van der Waals surface area contributed by atoms with Gasteiger partial charge in [-0.1, -0.05) is 34.6 Å². The number of ether oxygens (including phenoxy) is 2. The smallest absolute Gasteiger partial charge is 0.262 e. The topological polar surface area (TPSA) is 70.4 Å². The molecule has 0 N–H and O–H groups in total. The number of carbonyl (C=O) groups excluding carboxylic acids is 1. The van der Waals surface area contributed by atoms with Gasteiger partial charge in [0.2, 0.25) is 0 Å². The van der Waals surface area contributed by atoms with E-state index in [2.05, 4.69) is 20.9 Å². The molecule has 1 aromatic heterocycles. The SMILES string of the molecule is CCCn1c(SCC(=O)c2ccc(OC)c(OC)c2)nc2ccc(Br)cc2c1=O. The molecule has 0 atom stereocenters. The highest BCUT2D eigenvalue weighted by Gasteiger charge is 2.15. The molecule has 0 saturated heterocycles. The highest BCUT2D eigenvalue weighted by atomic mass is 79.9. The molecule has 0 saturated carbocycles. The largest absolute Gasteiger partial charge is 0.493 e. The van der Waals surface area contributed by atoms with Gasteiger partial charge in [0.25, 0.3) is 5.56 Å². The summed E-state index contributed by atoms with van der Waals surface area (Å²) >= 11 is 4.67. The number of Topliss-reactive ketones (excluding diaryl/α,β-unsaturated/α-hetero) is 1. The number of methoxy groups -OCH3 is 2. The average Bonchev–Trinajstić information content (AvgIpc) is 2.74. The minimum atomic E-state index is -0.0979. The third kappa shape index (κ3) is 4.64. The van der Waals surface area contributed by atoms with Crippen molar-refractivity contribution in [2.24, 2.45) is 0 Å². The van der Waals surface area contributed by atoms with Crippen molar-refractivity contribution >= 4 is 44.4 Å². The molecule has 3 aromatic rings. The number of nitrogens with zero attached hydrogens (tertiary/aromatic N) is 2. The highest BCUT2D eigenvalue weighted by Crippen LogP contribution is 2.28. The van der Waals surface area contributed by atoms with Gasteiger partial charge in [0.05, 0.1) is 30.9 Å². The van der Waals surface area contributed by atoms with Crippen molar-refractivity contribution in [1.29, 1.82) is 0 Å². The van der Waals surface area contributed by atoms with Gasteiger partial charge in [0.1, 0.15) is 0 Å². The monoisotopic (exact) mass is 476 g/mol. The van der Waals surface area contributed by atoms with Crippen LogP contribution in [0, 0.1) is 0 Å². The van der Waals surface area contributed by atoms with Crippen LogP contribution >= 0.6 is 27.7 Å². The molecule has 0 radical (unpaired) electrons. The molecular weight excluding hydrogens is 456 g/mol. The second kappa shape index (κ2) is 9.45. The maximum atomic E-state index is 12.9. The van der Waals surface area contributed by atoms with Crippen LogP contribution in [0.3, 0.4) is 0 Å². The van der Waals surface area contributed by atoms with Gasteiger partial charge in [-0.3, -0.25) is 14.2 Å². The van der Waals surface area contributed by atoms with Crippen molar-refractivity contribution in [2.75, 3.05) is 20.0 Å². The predicted molar refractivity (Wildman–Crippen MR) is 119 cm³/mol. The van der Waals surface area contributed by atoms with Gasteiger partial charge in [-0.05, 0) is 42.8 Å². The summed E-state index contributed by atoms with van der Waals surface area (Å²) in [6, 6.07) is 10.5. The lowest BCUT2D eigenvalue weighted by molar-refractivity contribution is 0.102. The summed E-state index contributed by atoms with van der Waals surface area (Å²) in [4.78, 5) is 30.3. The van der Waals surface area contributed by atoms with Crippen molar-refractivity contribution in [3.05, 3.63) is 56.8 Å². The lowest BCUT2D eigenvalue weighted by Gasteiger charge is -2.12. The van der Waals surface area contributed by atoms with E-state index in [9.17, 15) is 9.59 Å². The summed E-state index contributed by atoms with van der Waals surface area (Å²) in [5.74, 6) is 1.15. The third-order valence-electron chi connectivity index (χ3n) is 4.37. The fourth-order valence-electron chi connectivity index (χ4n) is 2.93. The van der Waals surface area contributed by atoms with Crippen LogP contribution < -0.4 is 15.0 Å². The van der Waals surface area contributed by atoms with Crippen LogP contribution in [0.5, 0.6) is 11.5 Å². The number of carbonyl (C=O) groups is 1. The van der Waals surface area contributed by atoms with Gasteiger partial charge < -0.3 is 9.47 Å². The number of aromatic nitrogens is 2. The first-order chi connectivity index (χ1) is 14.0. The molecular formula is C21H21BrN2O4S. The van der Waals surface area contributed by atoms with E-state index in [0.717, 1.165) is 10.9 Å². The Kier molecular flexibility index (Phi) is 6.97. The molecule has 3 rings (SSSR count). The van der Waals surface area contributed by atoms with E-state index in [-0.39, 0.29) is 17.1 Å². The minimum Gasteiger partial charge on any atom is -0.493 e. The van der Waals surface area contributed by atoms with Gasteiger partial charge in [-0.15, -0.1) is 0 Å². The van der Waals surface area contributed by atoms with Crippen molar-refractivity contribution in [3.63, 3.8) is 0 Å². The Hall–Kier alpha value is -2.32. The fourth-order valence-corrected chi connectivity index (χ4v) is 4.21. The third-order valence-corrected chi connectivity index (χ3v) is 5.84. The Bertz CT molecular complexity index is 1110. The number of thioether (sulfide) groups is 1. The number of halogens is 1. The molecule has 1 heterocycles.